The summed E-state index contributed by atoms with van der Waals surface area (Å²) in [5.41, 5.74) is 3.02. The van der Waals surface area contributed by atoms with Crippen molar-refractivity contribution in [3.63, 3.8) is 0 Å². The first kappa shape index (κ1) is 18.2. The van der Waals surface area contributed by atoms with E-state index >= 15 is 0 Å². The lowest BCUT2D eigenvalue weighted by molar-refractivity contribution is 0.125. The van der Waals surface area contributed by atoms with Crippen LogP contribution in [0.2, 0.25) is 0 Å². The molecule has 0 bridgehead atoms. The number of carbonyl (C=O) groups is 1. The molecular formula is C20H24FN3O2S. The molecule has 1 amide bonds. The number of thiazole rings is 1. The van der Waals surface area contributed by atoms with Crippen LogP contribution in [-0.4, -0.2) is 40.2 Å². The zero-order valence-electron chi connectivity index (χ0n) is 15.4. The van der Waals surface area contributed by atoms with E-state index in [1.54, 1.807) is 24.5 Å². The maximum absolute atomic E-state index is 13.8. The molecule has 27 heavy (non-hydrogen) atoms. The largest absolute Gasteiger partial charge is 0.465 e. The molecule has 7 heteroatoms. The summed E-state index contributed by atoms with van der Waals surface area (Å²) in [5, 5.41) is 13.6. The fourth-order valence-corrected chi connectivity index (χ4v) is 5.25. The van der Waals surface area contributed by atoms with Crippen LogP contribution in [0, 0.1) is 5.82 Å². The van der Waals surface area contributed by atoms with Gasteiger partial charge in [0, 0.05) is 29.6 Å². The first-order chi connectivity index (χ1) is 13.0. The van der Waals surface area contributed by atoms with E-state index < -0.39 is 6.09 Å². The zero-order valence-corrected chi connectivity index (χ0v) is 16.2. The van der Waals surface area contributed by atoms with Gasteiger partial charge < -0.3 is 15.3 Å². The second kappa shape index (κ2) is 7.46. The van der Waals surface area contributed by atoms with E-state index in [9.17, 15) is 9.18 Å². The maximum Gasteiger partial charge on any atom is 0.407 e. The van der Waals surface area contributed by atoms with Gasteiger partial charge in [0.2, 0.25) is 0 Å². The highest BCUT2D eigenvalue weighted by Gasteiger charge is 2.27. The maximum atomic E-state index is 13.8. The SMILES string of the molecule is CN(C(=O)O)C1CCC(Nc2nc3c(s2)CCCc2ccc(F)cc2-3)CC1. The van der Waals surface area contributed by atoms with Crippen molar-refractivity contribution < 1.29 is 14.3 Å². The number of aromatic nitrogens is 1. The predicted octanol–water partition coefficient (Wildman–Crippen LogP) is 4.77. The number of amides is 1. The van der Waals surface area contributed by atoms with Gasteiger partial charge >= 0.3 is 6.09 Å². The predicted molar refractivity (Wildman–Crippen MR) is 105 cm³/mol. The number of rotatable bonds is 3. The molecule has 1 aromatic carbocycles. The van der Waals surface area contributed by atoms with Gasteiger partial charge in [-0.2, -0.15) is 0 Å². The molecule has 2 aliphatic carbocycles. The summed E-state index contributed by atoms with van der Waals surface area (Å²) < 4.78 is 13.8. The summed E-state index contributed by atoms with van der Waals surface area (Å²) in [6, 6.07) is 5.43. The normalized spacial score (nSPS) is 21.7. The summed E-state index contributed by atoms with van der Waals surface area (Å²) in [5.74, 6) is -0.218. The van der Waals surface area contributed by atoms with Gasteiger partial charge in [-0.05, 0) is 62.6 Å². The number of halogens is 1. The van der Waals surface area contributed by atoms with Gasteiger partial charge in [0.05, 0.1) is 5.69 Å². The number of benzene rings is 1. The van der Waals surface area contributed by atoms with Gasteiger partial charge in [-0.15, -0.1) is 11.3 Å². The molecule has 144 valence electrons. The van der Waals surface area contributed by atoms with Crippen molar-refractivity contribution in [3.05, 3.63) is 34.5 Å². The number of carboxylic acid groups (broad SMARTS) is 1. The van der Waals surface area contributed by atoms with E-state index in [1.807, 2.05) is 6.07 Å². The van der Waals surface area contributed by atoms with Crippen LogP contribution in [0.5, 0.6) is 0 Å². The monoisotopic (exact) mass is 389 g/mol. The van der Waals surface area contributed by atoms with Crippen LogP contribution >= 0.6 is 11.3 Å². The Morgan fingerprint density at radius 1 is 1.30 bits per heavy atom. The molecule has 1 heterocycles. The van der Waals surface area contributed by atoms with Crippen molar-refractivity contribution in [1.82, 2.24) is 9.88 Å². The van der Waals surface area contributed by atoms with E-state index in [2.05, 4.69) is 5.32 Å². The van der Waals surface area contributed by atoms with Crippen molar-refractivity contribution in [2.45, 2.75) is 57.0 Å². The summed E-state index contributed by atoms with van der Waals surface area (Å²) in [4.78, 5) is 18.6. The Labute approximate surface area is 162 Å². The fourth-order valence-electron chi connectivity index (χ4n) is 4.16. The van der Waals surface area contributed by atoms with E-state index in [-0.39, 0.29) is 11.9 Å². The van der Waals surface area contributed by atoms with Crippen molar-refractivity contribution >= 4 is 22.6 Å². The Balaban J connectivity index is 1.47. The first-order valence-corrected chi connectivity index (χ1v) is 10.3. The third kappa shape index (κ3) is 3.78. The molecule has 0 aliphatic heterocycles. The molecule has 0 saturated heterocycles. The minimum absolute atomic E-state index is 0.100. The highest BCUT2D eigenvalue weighted by molar-refractivity contribution is 7.16. The zero-order chi connectivity index (χ0) is 19.0. The number of nitrogens with zero attached hydrogens (tertiary/aromatic N) is 2. The molecule has 1 saturated carbocycles. The third-order valence-corrected chi connectivity index (χ3v) is 6.79. The van der Waals surface area contributed by atoms with Gasteiger partial charge in [-0.3, -0.25) is 0 Å². The number of hydrogen-bond acceptors (Lipinski definition) is 4. The molecule has 0 spiro atoms. The van der Waals surface area contributed by atoms with Gasteiger partial charge in [0.1, 0.15) is 5.82 Å². The van der Waals surface area contributed by atoms with Crippen LogP contribution in [0.3, 0.4) is 0 Å². The molecule has 2 N–H and O–H groups in total. The summed E-state index contributed by atoms with van der Waals surface area (Å²) >= 11 is 1.67. The number of nitrogens with one attached hydrogen (secondary N) is 1. The molecule has 0 radical (unpaired) electrons. The standard InChI is InChI=1S/C20H24FN3O2S/c1-24(20(25)26)15-9-7-14(8-10-15)22-19-23-18-16-11-13(21)6-5-12(16)3-2-4-17(18)27-19/h5-6,11,14-15H,2-4,7-10H2,1H3,(H,22,23)(H,25,26). The van der Waals surface area contributed by atoms with E-state index in [0.717, 1.165) is 61.3 Å². The minimum atomic E-state index is -0.860. The minimum Gasteiger partial charge on any atom is -0.465 e. The van der Waals surface area contributed by atoms with E-state index in [0.29, 0.717) is 6.04 Å². The van der Waals surface area contributed by atoms with Crippen LogP contribution in [0.1, 0.15) is 42.5 Å². The Kier molecular flexibility index (Phi) is 5.04. The first-order valence-electron chi connectivity index (χ1n) is 9.52. The van der Waals surface area contributed by atoms with Gasteiger partial charge in [-0.1, -0.05) is 6.07 Å². The lowest BCUT2D eigenvalue weighted by Crippen LogP contribution is -2.40. The van der Waals surface area contributed by atoms with Gasteiger partial charge in [0.25, 0.3) is 0 Å². The second-order valence-electron chi connectivity index (χ2n) is 7.49. The van der Waals surface area contributed by atoms with Crippen molar-refractivity contribution in [1.29, 1.82) is 0 Å². The van der Waals surface area contributed by atoms with Gasteiger partial charge in [0.15, 0.2) is 5.13 Å². The Bertz CT molecular complexity index is 846. The number of hydrogen-bond donors (Lipinski definition) is 2. The number of fused-ring (bicyclic) bond motifs is 3. The van der Waals surface area contributed by atoms with Crippen LogP contribution < -0.4 is 5.32 Å². The molecule has 4 rings (SSSR count). The van der Waals surface area contributed by atoms with Crippen molar-refractivity contribution in [2.75, 3.05) is 12.4 Å². The fraction of sp³-hybridized carbons (Fsp3) is 0.500. The summed E-state index contributed by atoms with van der Waals surface area (Å²) in [7, 11) is 1.65. The lowest BCUT2D eigenvalue weighted by atomic mass is 9.90. The highest BCUT2D eigenvalue weighted by atomic mass is 32.1. The molecule has 1 fully saturated rings. The smallest absolute Gasteiger partial charge is 0.407 e. The van der Waals surface area contributed by atoms with E-state index in [4.69, 9.17) is 10.1 Å². The molecule has 0 unspecified atom stereocenters. The molecule has 2 aromatic rings. The Morgan fingerprint density at radius 2 is 2.07 bits per heavy atom. The summed E-state index contributed by atoms with van der Waals surface area (Å²) in [6.45, 7) is 0. The van der Waals surface area contributed by atoms with Crippen molar-refractivity contribution in [3.8, 4) is 11.3 Å². The third-order valence-electron chi connectivity index (χ3n) is 5.75. The second-order valence-corrected chi connectivity index (χ2v) is 8.57. The van der Waals surface area contributed by atoms with Gasteiger partial charge in [-0.25, -0.2) is 14.2 Å². The Morgan fingerprint density at radius 3 is 2.81 bits per heavy atom. The topological polar surface area (TPSA) is 65.5 Å². The Hall–Kier alpha value is -2.15. The molecule has 2 aliphatic rings. The quantitative estimate of drug-likeness (QED) is 0.794. The number of aryl methyl sites for hydroxylation is 2. The van der Waals surface area contributed by atoms with Crippen LogP contribution in [0.25, 0.3) is 11.3 Å². The van der Waals surface area contributed by atoms with Crippen molar-refractivity contribution in [2.24, 2.45) is 0 Å². The average molecular weight is 389 g/mol. The lowest BCUT2D eigenvalue weighted by Gasteiger charge is -2.33. The molecular weight excluding hydrogens is 365 g/mol. The number of anilines is 1. The molecule has 1 aromatic heterocycles. The molecule has 0 atom stereocenters. The van der Waals surface area contributed by atoms with Crippen LogP contribution in [0.15, 0.2) is 18.2 Å². The highest BCUT2D eigenvalue weighted by Crippen LogP contribution is 2.38. The average Bonchev–Trinajstić information content (AvgIpc) is 2.97. The summed E-state index contributed by atoms with van der Waals surface area (Å²) in [6.07, 6.45) is 5.71. The van der Waals surface area contributed by atoms with Crippen LogP contribution in [-0.2, 0) is 12.8 Å². The molecule has 5 nitrogen and oxygen atoms in total. The van der Waals surface area contributed by atoms with E-state index in [1.165, 1.54) is 21.4 Å². The van der Waals surface area contributed by atoms with Crippen LogP contribution in [0.4, 0.5) is 14.3 Å².